The van der Waals surface area contributed by atoms with Gasteiger partial charge in [0.1, 0.15) is 61.5 Å². The molecule has 0 amide bonds. The van der Waals surface area contributed by atoms with E-state index in [-0.39, 0.29) is 47.8 Å². The van der Waals surface area contributed by atoms with E-state index in [0.29, 0.717) is 37.7 Å². The zero-order valence-electron chi connectivity index (χ0n) is 34.5. The average Bonchev–Trinajstić information content (AvgIpc) is 3.77. The molecule has 8 aliphatic rings. The van der Waals surface area contributed by atoms with Gasteiger partial charge in [-0.15, -0.1) is 0 Å². The zero-order chi connectivity index (χ0) is 42.2. The van der Waals surface area contributed by atoms with Gasteiger partial charge in [-0.1, -0.05) is 13.8 Å². The lowest BCUT2D eigenvalue weighted by molar-refractivity contribution is -0.342. The molecule has 3 saturated heterocycles. The number of hydrogen-bond acceptors (Lipinski definition) is 17. The predicted octanol–water partition coefficient (Wildman–Crippen LogP) is -0.212. The van der Waals surface area contributed by atoms with Crippen molar-refractivity contribution in [2.45, 2.75) is 183 Å². The molecule has 4 heterocycles. The summed E-state index contributed by atoms with van der Waals surface area (Å²) in [5, 5.41) is 87.7. The summed E-state index contributed by atoms with van der Waals surface area (Å²) in [6.45, 7) is 5.86. The molecule has 8 N–H and O–H groups in total. The Bertz CT molecular complexity index is 1530. The molecular weight excluding hydrogens is 776 g/mol. The third-order valence-electron chi connectivity index (χ3n) is 16.4. The molecule has 21 unspecified atom stereocenters. The van der Waals surface area contributed by atoms with Gasteiger partial charge in [0.25, 0.3) is 0 Å². The molecule has 336 valence electrons. The van der Waals surface area contributed by atoms with Crippen LogP contribution in [0.25, 0.3) is 0 Å². The van der Waals surface area contributed by atoms with Crippen molar-refractivity contribution >= 4 is 5.97 Å². The number of rotatable bonds is 10. The Balaban J connectivity index is 0.861. The molecule has 0 aromatic heterocycles. The molecule has 7 fully saturated rings. The number of aliphatic hydroxyl groups excluding tert-OH is 7. The van der Waals surface area contributed by atoms with E-state index < -0.39 is 98.2 Å². The zero-order valence-corrected chi connectivity index (χ0v) is 34.5. The van der Waals surface area contributed by atoms with E-state index in [1.54, 1.807) is 13.0 Å². The van der Waals surface area contributed by atoms with Gasteiger partial charge in [0.15, 0.2) is 18.9 Å². The van der Waals surface area contributed by atoms with E-state index >= 15 is 0 Å². The molecular formula is C42H66O17. The lowest BCUT2D eigenvalue weighted by atomic mass is 9.43. The molecule has 8 rings (SSSR count). The Morgan fingerprint density at radius 2 is 1.41 bits per heavy atom. The quantitative estimate of drug-likeness (QED) is 0.105. The van der Waals surface area contributed by atoms with Crippen LogP contribution in [0, 0.1) is 34.5 Å². The summed E-state index contributed by atoms with van der Waals surface area (Å²) in [4.78, 5) is 11.9. The number of methoxy groups -OCH3 is 1. The topological polar surface area (TPSA) is 253 Å². The monoisotopic (exact) mass is 842 g/mol. The average molecular weight is 843 g/mol. The smallest absolute Gasteiger partial charge is 0.331 e. The SMILES string of the molecule is COC1CC(OCC2O[C@@H](OCC3OC(OC4CCC5(C)C(CCC6C5CCC5(C)C(C7=CC(=O)OC7)CCC65O)C4)C(O)C(O)C3O)C(O)C(O)C2O)OC(C)C1O. The van der Waals surface area contributed by atoms with Crippen LogP contribution in [0.2, 0.25) is 0 Å². The van der Waals surface area contributed by atoms with Crippen LogP contribution in [0.5, 0.6) is 0 Å². The molecule has 22 atom stereocenters. The fourth-order valence-corrected chi connectivity index (χ4v) is 12.8. The van der Waals surface area contributed by atoms with E-state index in [9.17, 15) is 45.6 Å². The summed E-state index contributed by atoms with van der Waals surface area (Å²) in [7, 11) is 1.47. The molecule has 0 aromatic rings. The normalized spacial score (nSPS) is 53.9. The first-order valence-electron chi connectivity index (χ1n) is 21.7. The van der Waals surface area contributed by atoms with Crippen LogP contribution >= 0.6 is 0 Å². The van der Waals surface area contributed by atoms with Crippen LogP contribution in [0.1, 0.15) is 85.0 Å². The molecule has 4 saturated carbocycles. The number of carbonyl (C=O) groups is 1. The molecule has 0 spiro atoms. The van der Waals surface area contributed by atoms with Crippen molar-refractivity contribution in [3.63, 3.8) is 0 Å². The highest BCUT2D eigenvalue weighted by molar-refractivity contribution is 5.85. The number of carbonyl (C=O) groups excluding carboxylic acids is 1. The summed E-state index contributed by atoms with van der Waals surface area (Å²) in [5.74, 6) is 0.615. The van der Waals surface area contributed by atoms with Crippen LogP contribution in [-0.4, -0.2) is 171 Å². The number of ether oxygens (including phenoxy) is 8. The van der Waals surface area contributed by atoms with E-state index in [1.165, 1.54) is 7.11 Å². The van der Waals surface area contributed by atoms with Crippen molar-refractivity contribution in [2.75, 3.05) is 26.9 Å². The summed E-state index contributed by atoms with van der Waals surface area (Å²) in [5.41, 5.74) is -0.156. The van der Waals surface area contributed by atoms with Gasteiger partial charge in [-0.05, 0) is 99.4 Å². The fraction of sp³-hybridized carbons (Fsp3) is 0.929. The Labute approximate surface area is 344 Å². The maximum absolute atomic E-state index is 12.6. The number of fused-ring (bicyclic) bond motifs is 5. The molecule has 59 heavy (non-hydrogen) atoms. The number of hydrogen-bond donors (Lipinski definition) is 8. The third-order valence-corrected chi connectivity index (χ3v) is 16.4. The summed E-state index contributed by atoms with van der Waals surface area (Å²) in [6.07, 6.45) is -8.63. The van der Waals surface area contributed by atoms with Gasteiger partial charge in [0, 0.05) is 25.0 Å². The molecule has 4 aliphatic heterocycles. The first-order valence-corrected chi connectivity index (χ1v) is 21.7. The van der Waals surface area contributed by atoms with E-state index in [0.717, 1.165) is 44.1 Å². The van der Waals surface area contributed by atoms with Crippen molar-refractivity contribution in [1.29, 1.82) is 0 Å². The van der Waals surface area contributed by atoms with Gasteiger partial charge in [-0.2, -0.15) is 0 Å². The van der Waals surface area contributed by atoms with Gasteiger partial charge >= 0.3 is 5.97 Å². The van der Waals surface area contributed by atoms with Gasteiger partial charge in [0.05, 0.1) is 37.1 Å². The fourth-order valence-electron chi connectivity index (χ4n) is 12.8. The van der Waals surface area contributed by atoms with Gasteiger partial charge in [-0.25, -0.2) is 4.79 Å². The Hall–Kier alpha value is -1.39. The van der Waals surface area contributed by atoms with E-state index in [1.807, 2.05) is 0 Å². The second kappa shape index (κ2) is 17.0. The molecule has 4 aliphatic carbocycles. The maximum atomic E-state index is 12.6. The van der Waals surface area contributed by atoms with Crippen molar-refractivity contribution in [2.24, 2.45) is 34.5 Å². The van der Waals surface area contributed by atoms with Crippen LogP contribution in [0.3, 0.4) is 0 Å². The van der Waals surface area contributed by atoms with Gasteiger partial charge in [0.2, 0.25) is 0 Å². The third kappa shape index (κ3) is 7.75. The number of aliphatic hydroxyl groups is 8. The lowest BCUT2D eigenvalue weighted by Crippen LogP contribution is -2.63. The molecule has 17 heteroatoms. The van der Waals surface area contributed by atoms with Gasteiger partial charge in [-0.3, -0.25) is 0 Å². The van der Waals surface area contributed by atoms with Gasteiger partial charge < -0.3 is 78.7 Å². The minimum atomic E-state index is -1.69. The second-order valence-electron chi connectivity index (χ2n) is 19.3. The summed E-state index contributed by atoms with van der Waals surface area (Å²) in [6, 6.07) is 0. The largest absolute Gasteiger partial charge is 0.458 e. The van der Waals surface area contributed by atoms with E-state index in [2.05, 4.69) is 13.8 Å². The minimum Gasteiger partial charge on any atom is -0.458 e. The Kier molecular flexibility index (Phi) is 12.7. The highest BCUT2D eigenvalue weighted by atomic mass is 16.7. The highest BCUT2D eigenvalue weighted by Gasteiger charge is 2.68. The summed E-state index contributed by atoms with van der Waals surface area (Å²) >= 11 is 0. The maximum Gasteiger partial charge on any atom is 0.331 e. The lowest BCUT2D eigenvalue weighted by Gasteiger charge is -2.64. The van der Waals surface area contributed by atoms with E-state index in [4.69, 9.17) is 37.9 Å². The predicted molar refractivity (Wildman–Crippen MR) is 202 cm³/mol. The molecule has 0 bridgehead atoms. The first-order chi connectivity index (χ1) is 28.0. The molecule has 0 aromatic carbocycles. The van der Waals surface area contributed by atoms with Crippen molar-refractivity contribution < 1.29 is 83.5 Å². The molecule has 17 nitrogen and oxygen atoms in total. The van der Waals surface area contributed by atoms with Crippen molar-refractivity contribution in [3.8, 4) is 0 Å². The molecule has 0 radical (unpaired) electrons. The summed E-state index contributed by atoms with van der Waals surface area (Å²) < 4.78 is 46.1. The number of cyclic esters (lactones) is 1. The van der Waals surface area contributed by atoms with Crippen LogP contribution < -0.4 is 0 Å². The number of esters is 1. The van der Waals surface area contributed by atoms with Crippen molar-refractivity contribution in [1.82, 2.24) is 0 Å². The van der Waals surface area contributed by atoms with Crippen LogP contribution in [0.15, 0.2) is 11.6 Å². The van der Waals surface area contributed by atoms with Crippen LogP contribution in [0.4, 0.5) is 0 Å². The minimum absolute atomic E-state index is 0.0275. The second-order valence-corrected chi connectivity index (χ2v) is 19.3. The standard InChI is InChI=1S/C42H66O17/c1-19-31(44)26(52-4)15-30(56-19)54-17-27-32(45)34(47)36(49)38(58-27)55-18-28-33(46)35(48)37(50)39(59-28)57-22-7-10-40(2)21(14-22)5-6-25-24(40)8-11-41(3)23(9-12-42(25,41)51)20-13-29(43)53-16-20/h13,19,21-28,30-39,44-51H,5-12,14-18H2,1-4H3/t19?,21?,22?,23?,24?,25?,26?,27?,28?,30?,31?,32?,33?,34?,35?,36?,37?,38-,39?,40?,41?,42?/m1/s1. The van der Waals surface area contributed by atoms with Crippen LogP contribution in [-0.2, 0) is 42.7 Å². The Morgan fingerprint density at radius 1 is 0.729 bits per heavy atom. The first kappa shape index (κ1) is 44.2. The highest BCUT2D eigenvalue weighted by Crippen LogP contribution is 2.70. The Morgan fingerprint density at radius 3 is 2.08 bits per heavy atom. The van der Waals surface area contributed by atoms with Crippen molar-refractivity contribution in [3.05, 3.63) is 11.6 Å².